The minimum atomic E-state index is -0.403. The first-order chi connectivity index (χ1) is 14.8. The molecule has 1 heterocycles. The number of hydrogen-bond donors (Lipinski definition) is 1. The van der Waals surface area contributed by atoms with Gasteiger partial charge in [0.25, 0.3) is 5.91 Å². The Morgan fingerprint density at radius 3 is 2.29 bits per heavy atom. The lowest BCUT2D eigenvalue weighted by Crippen LogP contribution is -2.15. The van der Waals surface area contributed by atoms with E-state index in [0.29, 0.717) is 11.4 Å². The van der Waals surface area contributed by atoms with Gasteiger partial charge < -0.3 is 5.32 Å². The summed E-state index contributed by atoms with van der Waals surface area (Å²) in [6.07, 6.45) is 0. The first-order valence-electron chi connectivity index (χ1n) is 10.0. The number of aryl methyl sites for hydroxylation is 4. The number of carbonyl (C=O) groups excluding carboxylic acids is 1. The van der Waals surface area contributed by atoms with Crippen molar-refractivity contribution in [3.63, 3.8) is 0 Å². The Morgan fingerprint density at radius 2 is 1.58 bits per heavy atom. The molecule has 0 atom stereocenters. The van der Waals surface area contributed by atoms with Gasteiger partial charge in [-0.05, 0) is 92.4 Å². The van der Waals surface area contributed by atoms with Gasteiger partial charge in [-0.1, -0.05) is 18.2 Å². The van der Waals surface area contributed by atoms with Crippen LogP contribution in [0.4, 0.5) is 10.1 Å². The highest BCUT2D eigenvalue weighted by Gasteiger charge is 2.20. The number of anilines is 1. The lowest BCUT2D eigenvalue weighted by molar-refractivity contribution is 0.101. The number of halogens is 1. The van der Waals surface area contributed by atoms with E-state index in [1.807, 2.05) is 64.1 Å². The minimum Gasteiger partial charge on any atom is -0.319 e. The number of hydrogen-bond acceptors (Lipinski definition) is 3. The molecule has 0 fully saturated rings. The van der Waals surface area contributed by atoms with Gasteiger partial charge >= 0.3 is 0 Å². The Kier molecular flexibility index (Phi) is 5.38. The molecule has 0 unspecified atom stereocenters. The highest BCUT2D eigenvalue weighted by Crippen LogP contribution is 2.24. The van der Waals surface area contributed by atoms with Gasteiger partial charge in [-0.3, -0.25) is 4.79 Å². The van der Waals surface area contributed by atoms with Crippen molar-refractivity contribution in [1.82, 2.24) is 14.8 Å². The van der Waals surface area contributed by atoms with Crippen LogP contribution in [0.2, 0.25) is 0 Å². The van der Waals surface area contributed by atoms with Gasteiger partial charge in [-0.2, -0.15) is 0 Å². The smallest absolute Gasteiger partial charge is 0.295 e. The summed E-state index contributed by atoms with van der Waals surface area (Å²) >= 11 is 0. The van der Waals surface area contributed by atoms with Crippen LogP contribution in [0.1, 0.15) is 32.9 Å². The number of rotatable bonds is 4. The van der Waals surface area contributed by atoms with E-state index in [2.05, 4.69) is 15.4 Å². The Labute approximate surface area is 180 Å². The van der Waals surface area contributed by atoms with E-state index in [0.717, 1.165) is 33.6 Å². The molecule has 31 heavy (non-hydrogen) atoms. The minimum absolute atomic E-state index is 0.0402. The molecule has 6 heteroatoms. The summed E-state index contributed by atoms with van der Waals surface area (Å²) in [5.74, 6) is -0.235. The van der Waals surface area contributed by atoms with Crippen molar-refractivity contribution in [2.75, 3.05) is 5.32 Å². The molecule has 1 aromatic heterocycles. The van der Waals surface area contributed by atoms with E-state index >= 15 is 0 Å². The predicted molar refractivity (Wildman–Crippen MR) is 120 cm³/mol. The quantitative estimate of drug-likeness (QED) is 0.476. The number of nitrogens with one attached hydrogen (secondary N) is 1. The molecule has 0 saturated heterocycles. The summed E-state index contributed by atoms with van der Waals surface area (Å²) in [5.41, 5.74) is 6.40. The fourth-order valence-corrected chi connectivity index (χ4v) is 3.28. The van der Waals surface area contributed by atoms with Gasteiger partial charge in [-0.15, -0.1) is 5.10 Å². The third-order valence-corrected chi connectivity index (χ3v) is 5.29. The van der Waals surface area contributed by atoms with Crippen LogP contribution in [0.15, 0.2) is 60.7 Å². The second kappa shape index (κ2) is 8.14. The molecule has 1 N–H and O–H groups in total. The lowest BCUT2D eigenvalue weighted by Gasteiger charge is -2.08. The van der Waals surface area contributed by atoms with E-state index < -0.39 is 5.91 Å². The van der Waals surface area contributed by atoms with Gasteiger partial charge in [0.2, 0.25) is 5.82 Å². The molecule has 4 rings (SSSR count). The van der Waals surface area contributed by atoms with Crippen molar-refractivity contribution in [3.05, 3.63) is 94.6 Å². The second-order valence-corrected chi connectivity index (χ2v) is 7.72. The summed E-state index contributed by atoms with van der Waals surface area (Å²) in [7, 11) is 0. The summed E-state index contributed by atoms with van der Waals surface area (Å²) in [6.45, 7) is 7.94. The average Bonchev–Trinajstić information content (AvgIpc) is 3.19. The summed E-state index contributed by atoms with van der Waals surface area (Å²) in [5, 5.41) is 7.40. The van der Waals surface area contributed by atoms with Crippen LogP contribution in [0, 0.1) is 33.5 Å². The normalized spacial score (nSPS) is 10.9. The maximum Gasteiger partial charge on any atom is 0.295 e. The van der Waals surface area contributed by atoms with Crippen molar-refractivity contribution in [2.45, 2.75) is 27.7 Å². The fraction of sp³-hybridized carbons (Fsp3) is 0.160. The van der Waals surface area contributed by atoms with E-state index in [-0.39, 0.29) is 11.6 Å². The molecule has 3 aromatic carbocycles. The SMILES string of the molecule is Cc1ccc(C)c(NC(=O)c2nc(-c3ccc(F)cc3)n(-c3ccc(C)c(C)c3)n2)c1. The van der Waals surface area contributed by atoms with Crippen LogP contribution in [-0.4, -0.2) is 20.7 Å². The summed E-state index contributed by atoms with van der Waals surface area (Å²) < 4.78 is 15.1. The van der Waals surface area contributed by atoms with Crippen LogP contribution in [0.3, 0.4) is 0 Å². The third-order valence-electron chi connectivity index (χ3n) is 5.29. The van der Waals surface area contributed by atoms with Crippen LogP contribution >= 0.6 is 0 Å². The number of aromatic nitrogens is 3. The number of carbonyl (C=O) groups is 1. The third kappa shape index (κ3) is 4.23. The molecule has 5 nitrogen and oxygen atoms in total. The topological polar surface area (TPSA) is 59.8 Å². The number of benzene rings is 3. The van der Waals surface area contributed by atoms with Crippen molar-refractivity contribution in [2.24, 2.45) is 0 Å². The van der Waals surface area contributed by atoms with Crippen LogP contribution in [0.25, 0.3) is 17.1 Å². The van der Waals surface area contributed by atoms with Crippen LogP contribution in [0.5, 0.6) is 0 Å². The van der Waals surface area contributed by atoms with E-state index in [9.17, 15) is 9.18 Å². The molecule has 1 amide bonds. The lowest BCUT2D eigenvalue weighted by atomic mass is 10.1. The van der Waals surface area contributed by atoms with Gasteiger partial charge in [-0.25, -0.2) is 14.1 Å². The molecule has 156 valence electrons. The number of nitrogens with zero attached hydrogens (tertiary/aromatic N) is 3. The largest absolute Gasteiger partial charge is 0.319 e. The van der Waals surface area contributed by atoms with Gasteiger partial charge in [0, 0.05) is 11.3 Å². The summed E-state index contributed by atoms with van der Waals surface area (Å²) in [4.78, 5) is 17.5. The summed E-state index contributed by atoms with van der Waals surface area (Å²) in [6, 6.07) is 17.8. The van der Waals surface area contributed by atoms with E-state index in [1.165, 1.54) is 12.1 Å². The highest BCUT2D eigenvalue weighted by atomic mass is 19.1. The maximum absolute atomic E-state index is 13.5. The molecule has 4 aromatic rings. The maximum atomic E-state index is 13.5. The molecule has 0 radical (unpaired) electrons. The average molecular weight is 414 g/mol. The molecule has 0 aliphatic rings. The zero-order chi connectivity index (χ0) is 22.1. The van der Waals surface area contributed by atoms with Gasteiger partial charge in [0.1, 0.15) is 5.82 Å². The monoisotopic (exact) mass is 414 g/mol. The van der Waals surface area contributed by atoms with Gasteiger partial charge in [0.05, 0.1) is 5.69 Å². The Bertz CT molecular complexity index is 1280. The zero-order valence-corrected chi connectivity index (χ0v) is 17.9. The number of amides is 1. The Morgan fingerprint density at radius 1 is 0.871 bits per heavy atom. The molecule has 0 aliphatic heterocycles. The Hall–Kier alpha value is -3.80. The van der Waals surface area contributed by atoms with E-state index in [4.69, 9.17) is 0 Å². The molecular weight excluding hydrogens is 391 g/mol. The van der Waals surface area contributed by atoms with Crippen LogP contribution < -0.4 is 5.32 Å². The zero-order valence-electron chi connectivity index (χ0n) is 17.9. The first kappa shape index (κ1) is 20.5. The van der Waals surface area contributed by atoms with Crippen molar-refractivity contribution < 1.29 is 9.18 Å². The molecule has 0 spiro atoms. The van der Waals surface area contributed by atoms with E-state index in [1.54, 1.807) is 16.8 Å². The van der Waals surface area contributed by atoms with Crippen molar-refractivity contribution in [3.8, 4) is 17.1 Å². The van der Waals surface area contributed by atoms with Crippen molar-refractivity contribution in [1.29, 1.82) is 0 Å². The van der Waals surface area contributed by atoms with Crippen molar-refractivity contribution >= 4 is 11.6 Å². The highest BCUT2D eigenvalue weighted by molar-refractivity contribution is 6.02. The standard InChI is InChI=1S/C25H23FN4O/c1-15-5-6-17(3)22(13-15)27-25(31)23-28-24(19-8-10-20(26)11-9-19)30(29-23)21-12-7-16(2)18(4)14-21/h5-14H,1-4H3,(H,27,31). The van der Waals surface area contributed by atoms with Crippen LogP contribution in [-0.2, 0) is 0 Å². The predicted octanol–water partition coefficient (Wildman–Crippen LogP) is 5.56. The molecule has 0 saturated carbocycles. The molecule has 0 bridgehead atoms. The first-order valence-corrected chi connectivity index (χ1v) is 10.0. The Balaban J connectivity index is 1.78. The molecule has 0 aliphatic carbocycles. The fourth-order valence-electron chi connectivity index (χ4n) is 3.28. The van der Waals surface area contributed by atoms with Gasteiger partial charge in [0.15, 0.2) is 5.82 Å². The molecular formula is C25H23FN4O. The second-order valence-electron chi connectivity index (χ2n) is 7.72.